The zero-order valence-electron chi connectivity index (χ0n) is 9.34. The summed E-state index contributed by atoms with van der Waals surface area (Å²) in [7, 11) is 0. The first-order valence-corrected chi connectivity index (χ1v) is 5.26. The molecule has 1 aromatic heterocycles. The van der Waals surface area contributed by atoms with E-state index in [2.05, 4.69) is 15.5 Å². The van der Waals surface area contributed by atoms with Gasteiger partial charge in [-0.25, -0.2) is 0 Å². The highest BCUT2D eigenvalue weighted by Crippen LogP contribution is 2.22. The Morgan fingerprint density at radius 1 is 1.41 bits per heavy atom. The monoisotopic (exact) mass is 231 g/mol. The summed E-state index contributed by atoms with van der Waals surface area (Å²) >= 11 is 0. The number of nitrogens with one attached hydrogen (secondary N) is 2. The Morgan fingerprint density at radius 3 is 2.82 bits per heavy atom. The van der Waals surface area contributed by atoms with Crippen molar-refractivity contribution in [1.29, 1.82) is 0 Å². The summed E-state index contributed by atoms with van der Waals surface area (Å²) < 4.78 is 0. The van der Waals surface area contributed by atoms with Gasteiger partial charge in [-0.05, 0) is 19.1 Å². The smallest absolute Gasteiger partial charge is 0.273 e. The first-order chi connectivity index (χ1) is 8.18. The van der Waals surface area contributed by atoms with Crippen molar-refractivity contribution in [3.63, 3.8) is 0 Å². The van der Waals surface area contributed by atoms with Gasteiger partial charge in [0.2, 0.25) is 0 Å². The predicted octanol–water partition coefficient (Wildman–Crippen LogP) is 1.72. The van der Waals surface area contributed by atoms with E-state index in [4.69, 9.17) is 0 Å². The van der Waals surface area contributed by atoms with Gasteiger partial charge >= 0.3 is 0 Å². The van der Waals surface area contributed by atoms with Gasteiger partial charge in [0.1, 0.15) is 5.69 Å². The van der Waals surface area contributed by atoms with Gasteiger partial charge in [-0.1, -0.05) is 18.2 Å². The molecule has 2 aromatic rings. The number of rotatable bonds is 3. The van der Waals surface area contributed by atoms with Gasteiger partial charge in [0.15, 0.2) is 0 Å². The van der Waals surface area contributed by atoms with Crippen LogP contribution >= 0.6 is 0 Å². The van der Waals surface area contributed by atoms with Crippen molar-refractivity contribution in [3.8, 4) is 0 Å². The summed E-state index contributed by atoms with van der Waals surface area (Å²) in [5, 5.41) is 18.6. The number of aliphatic hydroxyl groups is 1. The molecule has 0 saturated heterocycles. The third-order valence-electron chi connectivity index (χ3n) is 2.40. The highest BCUT2D eigenvalue weighted by atomic mass is 16.3. The second kappa shape index (κ2) is 4.80. The lowest BCUT2D eigenvalue weighted by Gasteiger charge is -2.12. The summed E-state index contributed by atoms with van der Waals surface area (Å²) in [6.07, 6.45) is 0.878. The maximum absolute atomic E-state index is 11.8. The maximum Gasteiger partial charge on any atom is 0.273 e. The number of carbonyl (C=O) groups excluding carboxylic acids is 1. The minimum absolute atomic E-state index is 0.282. The molecule has 0 spiro atoms. The van der Waals surface area contributed by atoms with E-state index < -0.39 is 6.10 Å². The molecule has 3 N–H and O–H groups in total. The third-order valence-corrected chi connectivity index (χ3v) is 2.40. The highest BCUT2D eigenvalue weighted by Gasteiger charge is 2.11. The van der Waals surface area contributed by atoms with Crippen LogP contribution in [-0.4, -0.2) is 21.2 Å². The van der Waals surface area contributed by atoms with E-state index in [1.165, 1.54) is 6.20 Å². The molecule has 1 unspecified atom stereocenters. The number of hydrogen-bond acceptors (Lipinski definition) is 3. The van der Waals surface area contributed by atoms with Crippen LogP contribution in [0.15, 0.2) is 36.5 Å². The molecule has 5 heteroatoms. The van der Waals surface area contributed by atoms with E-state index in [9.17, 15) is 9.90 Å². The van der Waals surface area contributed by atoms with Gasteiger partial charge < -0.3 is 10.4 Å². The van der Waals surface area contributed by atoms with E-state index in [1.54, 1.807) is 31.2 Å². The van der Waals surface area contributed by atoms with Crippen molar-refractivity contribution >= 4 is 11.6 Å². The topological polar surface area (TPSA) is 78.0 Å². The number of benzene rings is 1. The second-order valence-corrected chi connectivity index (χ2v) is 3.69. The number of amides is 1. The Bertz CT molecular complexity index is 506. The van der Waals surface area contributed by atoms with Gasteiger partial charge in [-0.2, -0.15) is 5.10 Å². The number of carbonyl (C=O) groups is 1. The van der Waals surface area contributed by atoms with Crippen LogP contribution in [0.5, 0.6) is 0 Å². The minimum atomic E-state index is -0.631. The Hall–Kier alpha value is -2.14. The first kappa shape index (κ1) is 11.3. The molecular weight excluding hydrogens is 218 g/mol. The van der Waals surface area contributed by atoms with Crippen LogP contribution in [0.3, 0.4) is 0 Å². The van der Waals surface area contributed by atoms with Crippen molar-refractivity contribution in [2.45, 2.75) is 13.0 Å². The molecule has 0 saturated carbocycles. The van der Waals surface area contributed by atoms with E-state index in [0.29, 0.717) is 16.9 Å². The highest BCUT2D eigenvalue weighted by molar-refractivity contribution is 6.03. The number of hydrogen-bond donors (Lipinski definition) is 3. The number of aromatic nitrogens is 2. The lowest BCUT2D eigenvalue weighted by atomic mass is 10.1. The van der Waals surface area contributed by atoms with Crippen molar-refractivity contribution in [1.82, 2.24) is 10.2 Å². The van der Waals surface area contributed by atoms with Gasteiger partial charge in [0, 0.05) is 17.4 Å². The molecule has 0 bridgehead atoms. The molecule has 1 atom stereocenters. The number of para-hydroxylation sites is 1. The standard InChI is InChI=1S/C12H13N3O2/c1-8(16)9-4-2-3-5-10(9)14-12(17)11-6-7-13-15-11/h2-8,16H,1H3,(H,13,15)(H,14,17). The van der Waals surface area contributed by atoms with E-state index in [-0.39, 0.29) is 5.91 Å². The zero-order chi connectivity index (χ0) is 12.3. The Kier molecular flexibility index (Phi) is 3.20. The van der Waals surface area contributed by atoms with Gasteiger partial charge in [-0.15, -0.1) is 0 Å². The van der Waals surface area contributed by atoms with Crippen molar-refractivity contribution < 1.29 is 9.90 Å². The summed E-state index contributed by atoms with van der Waals surface area (Å²) in [5.74, 6) is -0.282. The largest absolute Gasteiger partial charge is 0.389 e. The Labute approximate surface area is 98.5 Å². The van der Waals surface area contributed by atoms with Crippen LogP contribution in [0.1, 0.15) is 29.1 Å². The average Bonchev–Trinajstić information content (AvgIpc) is 2.83. The third kappa shape index (κ3) is 2.51. The molecule has 0 aliphatic rings. The molecule has 5 nitrogen and oxygen atoms in total. The fourth-order valence-electron chi connectivity index (χ4n) is 1.55. The van der Waals surface area contributed by atoms with Gasteiger partial charge in [0.25, 0.3) is 5.91 Å². The van der Waals surface area contributed by atoms with Crippen LogP contribution in [0, 0.1) is 0 Å². The van der Waals surface area contributed by atoms with Crippen LogP contribution in [0.25, 0.3) is 0 Å². The fourth-order valence-corrected chi connectivity index (χ4v) is 1.55. The SMILES string of the molecule is CC(O)c1ccccc1NC(=O)c1ccn[nH]1. The molecule has 1 aromatic carbocycles. The molecule has 1 amide bonds. The number of aliphatic hydroxyl groups excluding tert-OH is 1. The molecule has 1 heterocycles. The second-order valence-electron chi connectivity index (χ2n) is 3.69. The molecule has 0 aliphatic heterocycles. The van der Waals surface area contributed by atoms with Gasteiger partial charge in [-0.3, -0.25) is 9.89 Å². The quantitative estimate of drug-likeness (QED) is 0.752. The van der Waals surface area contributed by atoms with E-state index in [0.717, 1.165) is 0 Å². The summed E-state index contributed by atoms with van der Waals surface area (Å²) in [6, 6.07) is 8.71. The number of nitrogens with zero attached hydrogens (tertiary/aromatic N) is 1. The van der Waals surface area contributed by atoms with Crippen LogP contribution < -0.4 is 5.32 Å². The van der Waals surface area contributed by atoms with Gasteiger partial charge in [0.05, 0.1) is 6.10 Å². The predicted molar refractivity (Wildman–Crippen MR) is 63.6 cm³/mol. The Balaban J connectivity index is 2.22. The van der Waals surface area contributed by atoms with Crippen LogP contribution in [0.2, 0.25) is 0 Å². The summed E-state index contributed by atoms with van der Waals surface area (Å²) in [6.45, 7) is 1.65. The van der Waals surface area contributed by atoms with Crippen LogP contribution in [-0.2, 0) is 0 Å². The molecule has 0 radical (unpaired) electrons. The van der Waals surface area contributed by atoms with Crippen molar-refractivity contribution in [3.05, 3.63) is 47.8 Å². The summed E-state index contributed by atoms with van der Waals surface area (Å²) in [4.78, 5) is 11.8. The van der Waals surface area contributed by atoms with Crippen molar-refractivity contribution in [2.24, 2.45) is 0 Å². The minimum Gasteiger partial charge on any atom is -0.389 e. The molecule has 0 aliphatic carbocycles. The van der Waals surface area contributed by atoms with E-state index in [1.807, 2.05) is 6.07 Å². The molecular formula is C12H13N3O2. The normalized spacial score (nSPS) is 12.1. The molecule has 17 heavy (non-hydrogen) atoms. The summed E-state index contributed by atoms with van der Waals surface area (Å²) in [5.41, 5.74) is 1.66. The maximum atomic E-state index is 11.8. The number of H-pyrrole nitrogens is 1. The van der Waals surface area contributed by atoms with E-state index >= 15 is 0 Å². The van der Waals surface area contributed by atoms with Crippen LogP contribution in [0.4, 0.5) is 5.69 Å². The number of anilines is 1. The average molecular weight is 231 g/mol. The lowest BCUT2D eigenvalue weighted by molar-refractivity contribution is 0.102. The first-order valence-electron chi connectivity index (χ1n) is 5.26. The zero-order valence-corrected chi connectivity index (χ0v) is 9.34. The Morgan fingerprint density at radius 2 is 2.18 bits per heavy atom. The molecule has 0 fully saturated rings. The fraction of sp³-hybridized carbons (Fsp3) is 0.167. The number of aromatic amines is 1. The molecule has 88 valence electrons. The molecule has 2 rings (SSSR count). The lowest BCUT2D eigenvalue weighted by Crippen LogP contribution is -2.14. The van der Waals surface area contributed by atoms with Crippen molar-refractivity contribution in [2.75, 3.05) is 5.32 Å².